The maximum atomic E-state index is 12.2. The number of nitrogens with one attached hydrogen (secondary N) is 1. The summed E-state index contributed by atoms with van der Waals surface area (Å²) in [5, 5.41) is 9.26. The highest BCUT2D eigenvalue weighted by atomic mass is 16.5. The van der Waals surface area contributed by atoms with Crippen molar-refractivity contribution in [2.24, 2.45) is 16.2 Å². The lowest BCUT2D eigenvalue weighted by molar-refractivity contribution is -0.118. The van der Waals surface area contributed by atoms with Crippen LogP contribution in [0.15, 0.2) is 52.8 Å². The SMILES string of the molecule is NN=NCC(=O)c1ccc(OCc2ccccc2)c2c1OCC(=O)N2. The van der Waals surface area contributed by atoms with Crippen molar-refractivity contribution < 1.29 is 19.1 Å². The van der Waals surface area contributed by atoms with Crippen LogP contribution in [-0.4, -0.2) is 24.8 Å². The summed E-state index contributed by atoms with van der Waals surface area (Å²) in [5.41, 5.74) is 1.60. The smallest absolute Gasteiger partial charge is 0.262 e. The number of nitrogens with two attached hydrogens (primary N) is 1. The molecule has 2 aromatic rings. The van der Waals surface area contributed by atoms with E-state index in [0.717, 1.165) is 5.56 Å². The first kappa shape index (κ1) is 16.4. The molecule has 8 nitrogen and oxygen atoms in total. The third kappa shape index (κ3) is 3.74. The van der Waals surface area contributed by atoms with Gasteiger partial charge in [-0.2, -0.15) is 5.11 Å². The Morgan fingerprint density at radius 1 is 1.24 bits per heavy atom. The van der Waals surface area contributed by atoms with E-state index in [-0.39, 0.29) is 36.2 Å². The predicted molar refractivity (Wildman–Crippen MR) is 89.6 cm³/mol. The molecule has 0 saturated carbocycles. The summed E-state index contributed by atoms with van der Waals surface area (Å²) < 4.78 is 11.2. The van der Waals surface area contributed by atoms with E-state index in [1.807, 2.05) is 30.3 Å². The first-order chi connectivity index (χ1) is 12.2. The van der Waals surface area contributed by atoms with Crippen molar-refractivity contribution in [1.82, 2.24) is 0 Å². The summed E-state index contributed by atoms with van der Waals surface area (Å²) in [4.78, 5) is 23.9. The van der Waals surface area contributed by atoms with Gasteiger partial charge in [-0.15, -0.1) is 0 Å². The lowest BCUT2D eigenvalue weighted by atomic mass is 10.1. The number of Topliss-reactive ketones (excluding diaryl/α,β-unsaturated/α-hetero) is 1. The molecule has 2 aromatic carbocycles. The third-order valence-corrected chi connectivity index (χ3v) is 3.57. The van der Waals surface area contributed by atoms with Gasteiger partial charge in [-0.3, -0.25) is 9.59 Å². The fourth-order valence-electron chi connectivity index (χ4n) is 2.41. The average Bonchev–Trinajstić information content (AvgIpc) is 2.64. The largest absolute Gasteiger partial charge is 0.487 e. The summed E-state index contributed by atoms with van der Waals surface area (Å²) in [7, 11) is 0. The van der Waals surface area contributed by atoms with Gasteiger partial charge < -0.3 is 20.6 Å². The van der Waals surface area contributed by atoms with E-state index in [4.69, 9.17) is 15.3 Å². The predicted octanol–water partition coefficient (Wildman–Crippen LogP) is 2.11. The molecule has 1 heterocycles. The standard InChI is InChI=1S/C17H16N4O4/c18-21-19-8-13(22)12-6-7-14(16-17(12)25-10-15(23)20-16)24-9-11-4-2-1-3-5-11/h1-7H,8-10H2,(H2,18,19)(H,20,23). The number of rotatable bonds is 6. The van der Waals surface area contributed by atoms with Gasteiger partial charge in [0.05, 0.1) is 5.56 Å². The topological polar surface area (TPSA) is 115 Å². The molecule has 128 valence electrons. The molecule has 0 bridgehead atoms. The van der Waals surface area contributed by atoms with E-state index in [0.29, 0.717) is 18.0 Å². The number of anilines is 1. The molecular weight excluding hydrogens is 324 g/mol. The summed E-state index contributed by atoms with van der Waals surface area (Å²) in [6.45, 7) is -0.0594. The van der Waals surface area contributed by atoms with Gasteiger partial charge in [-0.1, -0.05) is 35.6 Å². The van der Waals surface area contributed by atoms with Gasteiger partial charge >= 0.3 is 0 Å². The molecule has 1 amide bonds. The fraction of sp³-hybridized carbons (Fsp3) is 0.176. The Morgan fingerprint density at radius 3 is 2.80 bits per heavy atom. The highest BCUT2D eigenvalue weighted by molar-refractivity contribution is 6.06. The second kappa shape index (κ2) is 7.43. The highest BCUT2D eigenvalue weighted by Crippen LogP contribution is 2.40. The van der Waals surface area contributed by atoms with Crippen LogP contribution in [-0.2, 0) is 11.4 Å². The maximum Gasteiger partial charge on any atom is 0.262 e. The maximum absolute atomic E-state index is 12.2. The van der Waals surface area contributed by atoms with Crippen LogP contribution in [0.1, 0.15) is 15.9 Å². The number of ether oxygens (including phenoxy) is 2. The molecule has 0 spiro atoms. The van der Waals surface area contributed by atoms with Crippen LogP contribution in [0.2, 0.25) is 0 Å². The molecule has 3 N–H and O–H groups in total. The second-order valence-corrected chi connectivity index (χ2v) is 5.26. The average molecular weight is 340 g/mol. The highest BCUT2D eigenvalue weighted by Gasteiger charge is 2.26. The second-order valence-electron chi connectivity index (χ2n) is 5.26. The molecule has 0 saturated heterocycles. The van der Waals surface area contributed by atoms with Crippen molar-refractivity contribution in [1.29, 1.82) is 0 Å². The van der Waals surface area contributed by atoms with Gasteiger partial charge in [0, 0.05) is 0 Å². The van der Waals surface area contributed by atoms with Crippen LogP contribution < -0.4 is 20.6 Å². The van der Waals surface area contributed by atoms with Gasteiger partial charge in [-0.25, -0.2) is 0 Å². The number of hydrogen-bond donors (Lipinski definition) is 2. The number of nitrogens with zero attached hydrogens (tertiary/aromatic N) is 2. The molecule has 0 atom stereocenters. The Morgan fingerprint density at radius 2 is 2.04 bits per heavy atom. The van der Waals surface area contributed by atoms with Gasteiger partial charge in [0.1, 0.15) is 24.6 Å². The van der Waals surface area contributed by atoms with Crippen molar-refractivity contribution in [3.63, 3.8) is 0 Å². The van der Waals surface area contributed by atoms with Gasteiger partial charge in [0.15, 0.2) is 18.1 Å². The van der Waals surface area contributed by atoms with Gasteiger partial charge in [0.25, 0.3) is 5.91 Å². The van der Waals surface area contributed by atoms with Crippen LogP contribution >= 0.6 is 0 Å². The number of benzene rings is 2. The normalized spacial score (nSPS) is 13.0. The van der Waals surface area contributed by atoms with Crippen LogP contribution in [0, 0.1) is 0 Å². The van der Waals surface area contributed by atoms with Crippen molar-refractivity contribution in [2.75, 3.05) is 18.5 Å². The molecule has 0 unspecified atom stereocenters. The fourth-order valence-corrected chi connectivity index (χ4v) is 2.41. The first-order valence-corrected chi connectivity index (χ1v) is 7.55. The molecule has 25 heavy (non-hydrogen) atoms. The minimum Gasteiger partial charge on any atom is -0.487 e. The van der Waals surface area contributed by atoms with Gasteiger partial charge in [0.2, 0.25) is 0 Å². The lowest BCUT2D eigenvalue weighted by Crippen LogP contribution is -2.27. The van der Waals surface area contributed by atoms with E-state index >= 15 is 0 Å². The zero-order chi connectivity index (χ0) is 17.6. The van der Waals surface area contributed by atoms with E-state index in [1.165, 1.54) is 0 Å². The quantitative estimate of drug-likeness (QED) is 0.362. The Balaban J connectivity index is 1.89. The lowest BCUT2D eigenvalue weighted by Gasteiger charge is -2.23. The number of carbonyl (C=O) groups is 2. The molecule has 1 aliphatic rings. The molecule has 0 aromatic heterocycles. The molecule has 0 aliphatic carbocycles. The number of hydrogen-bond acceptors (Lipinski definition) is 6. The van der Waals surface area contributed by atoms with Crippen molar-refractivity contribution in [3.8, 4) is 11.5 Å². The Bertz CT molecular complexity index is 821. The number of amides is 1. The number of carbonyl (C=O) groups excluding carboxylic acids is 2. The van der Waals surface area contributed by atoms with Crippen LogP contribution in [0.25, 0.3) is 0 Å². The zero-order valence-corrected chi connectivity index (χ0v) is 13.3. The molecule has 3 rings (SSSR count). The van der Waals surface area contributed by atoms with Crippen LogP contribution in [0.4, 0.5) is 5.69 Å². The minimum atomic E-state index is -0.323. The molecular formula is C17H16N4O4. The van der Waals surface area contributed by atoms with Crippen molar-refractivity contribution in [3.05, 3.63) is 53.6 Å². The van der Waals surface area contributed by atoms with E-state index in [1.54, 1.807) is 12.1 Å². The Hall–Kier alpha value is -3.42. The molecule has 8 heteroatoms. The summed E-state index contributed by atoms with van der Waals surface area (Å²) in [6, 6.07) is 12.8. The van der Waals surface area contributed by atoms with Crippen LogP contribution in [0.3, 0.4) is 0 Å². The molecule has 1 aliphatic heterocycles. The van der Waals surface area contributed by atoms with E-state index in [9.17, 15) is 9.59 Å². The molecule has 0 radical (unpaired) electrons. The summed E-state index contributed by atoms with van der Waals surface area (Å²) >= 11 is 0. The molecule has 0 fully saturated rings. The summed E-state index contributed by atoms with van der Waals surface area (Å²) in [6.07, 6.45) is 0. The number of ketones is 1. The number of fused-ring (bicyclic) bond motifs is 1. The first-order valence-electron chi connectivity index (χ1n) is 7.55. The Labute approximate surface area is 143 Å². The van der Waals surface area contributed by atoms with Crippen molar-refractivity contribution >= 4 is 17.4 Å². The minimum absolute atomic E-state index is 0.173. The van der Waals surface area contributed by atoms with E-state index in [2.05, 4.69) is 15.7 Å². The third-order valence-electron chi connectivity index (χ3n) is 3.57. The Kier molecular flexibility index (Phi) is 4.89. The van der Waals surface area contributed by atoms with Crippen molar-refractivity contribution in [2.45, 2.75) is 6.61 Å². The monoisotopic (exact) mass is 340 g/mol. The summed E-state index contributed by atoms with van der Waals surface area (Å²) in [5.74, 6) is 4.97. The van der Waals surface area contributed by atoms with Gasteiger partial charge in [-0.05, 0) is 17.7 Å². The van der Waals surface area contributed by atoms with E-state index < -0.39 is 0 Å². The van der Waals surface area contributed by atoms with Crippen LogP contribution in [0.5, 0.6) is 11.5 Å². The zero-order valence-electron chi connectivity index (χ0n) is 13.3.